The summed E-state index contributed by atoms with van der Waals surface area (Å²) in [5.74, 6) is 0. The van der Waals surface area contributed by atoms with Gasteiger partial charge in [-0.2, -0.15) is 8.42 Å². The van der Waals surface area contributed by atoms with Gasteiger partial charge in [0.25, 0.3) is 0 Å². The molecule has 0 aliphatic heterocycles. The highest BCUT2D eigenvalue weighted by molar-refractivity contribution is 7.81. The number of rotatable bonds is 2. The summed E-state index contributed by atoms with van der Waals surface area (Å²) < 4.78 is 35.5. The maximum atomic E-state index is 10.6. The molecule has 0 heterocycles. The van der Waals surface area contributed by atoms with Crippen molar-refractivity contribution in [2.75, 3.05) is 7.11 Å². The van der Waals surface area contributed by atoms with Crippen molar-refractivity contribution in [3.05, 3.63) is 0 Å². The van der Waals surface area contributed by atoms with Crippen LogP contribution in [-0.2, 0) is 19.0 Å². The maximum absolute atomic E-state index is 10.6. The van der Waals surface area contributed by atoms with Gasteiger partial charge in [0.2, 0.25) is 0 Å². The summed E-state index contributed by atoms with van der Waals surface area (Å²) >= 11 is 0. The molecule has 0 atom stereocenters. The molecule has 3 N–H and O–H groups in total. The van der Waals surface area contributed by atoms with Crippen LogP contribution in [0.2, 0.25) is 0 Å². The molecule has 0 radical (unpaired) electrons. The number of halogens is 1. The van der Waals surface area contributed by atoms with Crippen molar-refractivity contribution in [1.82, 2.24) is 6.15 Å². The van der Waals surface area contributed by atoms with Crippen LogP contribution >= 0.6 is 0 Å². The molecule has 0 aliphatic carbocycles. The van der Waals surface area contributed by atoms with Gasteiger partial charge in [0.15, 0.2) is 0 Å². The molecule has 0 fully saturated rings. The van der Waals surface area contributed by atoms with Crippen LogP contribution in [0.15, 0.2) is 0 Å². The minimum Gasteiger partial charge on any atom is -0.344 e. The summed E-state index contributed by atoms with van der Waals surface area (Å²) in [6, 6.07) is 0. The average Bonchev–Trinajstić information content (AvgIpc) is 1.68. The topological polar surface area (TPSA) is 87.6 Å². The van der Waals surface area contributed by atoms with E-state index in [4.69, 9.17) is 0 Å². The minimum absolute atomic E-state index is 0. The van der Waals surface area contributed by atoms with Gasteiger partial charge < -0.3 is 6.15 Å². The van der Waals surface area contributed by atoms with Gasteiger partial charge in [-0.3, -0.25) is 0 Å². The first kappa shape index (κ1) is 10.7. The average molecular weight is 147 g/mol. The summed E-state index contributed by atoms with van der Waals surface area (Å²) in [6.45, 7) is 0. The lowest BCUT2D eigenvalue weighted by atomic mass is 11.8. The van der Waals surface area contributed by atoms with Crippen LogP contribution in [-0.4, -0.2) is 15.5 Å². The molecule has 8 heavy (non-hydrogen) atoms. The SMILES string of the molecule is COS(=O)(=O)OF.N. The monoisotopic (exact) mass is 147 g/mol. The standard InChI is InChI=1S/CH3FO4S.H3N/c1-5-7(3,4)6-2;/h1H3;1H3. The lowest BCUT2D eigenvalue weighted by molar-refractivity contribution is -0.0148. The van der Waals surface area contributed by atoms with Crippen LogP contribution in [0.1, 0.15) is 0 Å². The van der Waals surface area contributed by atoms with E-state index in [-0.39, 0.29) is 6.15 Å². The predicted molar refractivity (Wildman–Crippen MR) is 23.1 cm³/mol. The van der Waals surface area contributed by atoms with Crippen molar-refractivity contribution >= 4 is 10.4 Å². The zero-order chi connectivity index (χ0) is 5.91. The highest BCUT2D eigenvalue weighted by atomic mass is 32.3. The number of hydrogen-bond acceptors (Lipinski definition) is 5. The largest absolute Gasteiger partial charge is 0.430 e. The van der Waals surface area contributed by atoms with Crippen molar-refractivity contribution in [3.8, 4) is 0 Å². The molecule has 7 heteroatoms. The lowest BCUT2D eigenvalue weighted by Crippen LogP contribution is -1.99. The third-order valence-electron chi connectivity index (χ3n) is 0.281. The molecule has 0 saturated carbocycles. The Morgan fingerprint density at radius 3 is 1.88 bits per heavy atom. The van der Waals surface area contributed by atoms with E-state index in [0.717, 1.165) is 7.11 Å². The van der Waals surface area contributed by atoms with Crippen LogP contribution in [0.25, 0.3) is 0 Å². The van der Waals surface area contributed by atoms with Crippen molar-refractivity contribution < 1.29 is 21.5 Å². The molecule has 52 valence electrons. The van der Waals surface area contributed by atoms with Crippen molar-refractivity contribution in [2.45, 2.75) is 0 Å². The maximum Gasteiger partial charge on any atom is 0.430 e. The van der Waals surface area contributed by atoms with Crippen LogP contribution < -0.4 is 6.15 Å². The van der Waals surface area contributed by atoms with Crippen molar-refractivity contribution in [2.24, 2.45) is 0 Å². The second kappa shape index (κ2) is 3.72. The van der Waals surface area contributed by atoms with Crippen molar-refractivity contribution in [3.63, 3.8) is 0 Å². The molecule has 0 saturated heterocycles. The van der Waals surface area contributed by atoms with Gasteiger partial charge in [-0.1, -0.05) is 0 Å². The van der Waals surface area contributed by atoms with E-state index in [1.807, 2.05) is 0 Å². The first-order valence-corrected chi connectivity index (χ1v) is 2.56. The summed E-state index contributed by atoms with van der Waals surface area (Å²) in [6.07, 6.45) is 0. The summed E-state index contributed by atoms with van der Waals surface area (Å²) in [4.78, 5) is 0. The third kappa shape index (κ3) is 3.93. The van der Waals surface area contributed by atoms with Crippen LogP contribution in [0, 0.1) is 0 Å². The Hall–Kier alpha value is -0.240. The third-order valence-corrected chi connectivity index (χ3v) is 0.844. The molecule has 0 rings (SSSR count). The van der Waals surface area contributed by atoms with Crippen LogP contribution in [0.4, 0.5) is 4.53 Å². The van der Waals surface area contributed by atoms with Gasteiger partial charge in [-0.25, -0.2) is 4.18 Å². The van der Waals surface area contributed by atoms with E-state index >= 15 is 0 Å². The second-order valence-electron chi connectivity index (χ2n) is 0.638. The fourth-order valence-electron chi connectivity index (χ4n) is 0.0257. The van der Waals surface area contributed by atoms with Gasteiger partial charge in [0.05, 0.1) is 7.11 Å². The second-order valence-corrected chi connectivity index (χ2v) is 1.91. The van der Waals surface area contributed by atoms with Gasteiger partial charge >= 0.3 is 10.4 Å². The van der Waals surface area contributed by atoms with E-state index < -0.39 is 10.4 Å². The fourth-order valence-corrected chi connectivity index (χ4v) is 0.0772. The fraction of sp³-hybridized carbons (Fsp3) is 1.00. The molecular weight excluding hydrogens is 141 g/mol. The molecule has 0 bridgehead atoms. The van der Waals surface area contributed by atoms with E-state index in [9.17, 15) is 12.9 Å². The Kier molecular flexibility index (Phi) is 4.98. The number of hydrogen-bond donors (Lipinski definition) is 1. The van der Waals surface area contributed by atoms with E-state index in [0.29, 0.717) is 0 Å². The highest BCUT2D eigenvalue weighted by Crippen LogP contribution is 1.90. The molecule has 0 aromatic carbocycles. The van der Waals surface area contributed by atoms with Crippen LogP contribution in [0.3, 0.4) is 0 Å². The molecule has 0 aromatic heterocycles. The van der Waals surface area contributed by atoms with Gasteiger partial charge in [0.1, 0.15) is 0 Å². The summed E-state index contributed by atoms with van der Waals surface area (Å²) in [7, 11) is -3.54. The molecule has 0 amide bonds. The van der Waals surface area contributed by atoms with E-state index in [1.54, 1.807) is 0 Å². The molecular formula is CH6FNO4S. The highest BCUT2D eigenvalue weighted by Gasteiger charge is 2.06. The smallest absolute Gasteiger partial charge is 0.344 e. The zero-order valence-electron chi connectivity index (χ0n) is 4.13. The van der Waals surface area contributed by atoms with Crippen molar-refractivity contribution in [1.29, 1.82) is 0 Å². The van der Waals surface area contributed by atoms with Gasteiger partial charge in [0, 0.05) is 0 Å². The Balaban J connectivity index is 0. The molecule has 0 aromatic rings. The normalized spacial score (nSPS) is 10.2. The molecule has 0 aliphatic rings. The van der Waals surface area contributed by atoms with Gasteiger partial charge in [-0.15, -0.1) is 0 Å². The first-order valence-electron chi connectivity index (χ1n) is 1.23. The Bertz CT molecular complexity index is 119. The Morgan fingerprint density at radius 2 is 1.88 bits per heavy atom. The minimum atomic E-state index is -4.32. The lowest BCUT2D eigenvalue weighted by Gasteiger charge is -1.86. The molecule has 5 nitrogen and oxygen atoms in total. The predicted octanol–water partition coefficient (Wildman–Crippen LogP) is -0.0593. The Morgan fingerprint density at radius 1 is 1.50 bits per heavy atom. The Labute approximate surface area is 46.2 Å². The van der Waals surface area contributed by atoms with Crippen LogP contribution in [0.5, 0.6) is 0 Å². The summed E-state index contributed by atoms with van der Waals surface area (Å²) in [5, 5.41) is 0. The van der Waals surface area contributed by atoms with E-state index in [2.05, 4.69) is 8.57 Å². The van der Waals surface area contributed by atoms with Gasteiger partial charge in [-0.05, 0) is 8.91 Å². The first-order chi connectivity index (χ1) is 3.12. The summed E-state index contributed by atoms with van der Waals surface area (Å²) in [5.41, 5.74) is 0. The zero-order valence-corrected chi connectivity index (χ0v) is 4.94. The van der Waals surface area contributed by atoms with E-state index in [1.165, 1.54) is 0 Å². The quantitative estimate of drug-likeness (QED) is 0.591. The molecule has 0 spiro atoms. The molecule has 0 unspecified atom stereocenters.